The third-order valence-electron chi connectivity index (χ3n) is 3.34. The summed E-state index contributed by atoms with van der Waals surface area (Å²) in [5.74, 6) is 2.57. The van der Waals surface area contributed by atoms with Gasteiger partial charge in [-0.2, -0.15) is 4.98 Å². The Kier molecular flexibility index (Phi) is 3.67. The topological polar surface area (TPSA) is 56.3 Å². The van der Waals surface area contributed by atoms with Crippen molar-refractivity contribution in [2.45, 2.75) is 6.42 Å². The van der Waals surface area contributed by atoms with Gasteiger partial charge in [-0.15, -0.1) is 0 Å². The van der Waals surface area contributed by atoms with E-state index in [2.05, 4.69) is 21.4 Å². The predicted molar refractivity (Wildman–Crippen MR) is 76.2 cm³/mol. The second kappa shape index (κ2) is 5.77. The number of anilines is 1. The first-order valence-electron chi connectivity index (χ1n) is 6.67. The van der Waals surface area contributed by atoms with E-state index in [1.54, 1.807) is 19.4 Å². The molecule has 2 aromatic rings. The van der Waals surface area contributed by atoms with Crippen molar-refractivity contribution in [1.29, 1.82) is 0 Å². The number of benzene rings is 1. The fourth-order valence-electron chi connectivity index (χ4n) is 2.30. The maximum Gasteiger partial charge on any atom is 0.225 e. The SMILES string of the molecule is COc1ccnc(NCC2COc3ccccc3C2)n1. The molecule has 0 spiro atoms. The van der Waals surface area contributed by atoms with Gasteiger partial charge in [0.15, 0.2) is 0 Å². The molecule has 1 aromatic heterocycles. The second-order valence-corrected chi connectivity index (χ2v) is 4.79. The molecule has 0 amide bonds. The molecule has 3 rings (SSSR count). The zero-order valence-corrected chi connectivity index (χ0v) is 11.4. The van der Waals surface area contributed by atoms with Crippen LogP contribution in [0.15, 0.2) is 36.5 Å². The molecular formula is C15H17N3O2. The van der Waals surface area contributed by atoms with E-state index in [1.165, 1.54) is 5.56 Å². The molecule has 1 atom stereocenters. The highest BCUT2D eigenvalue weighted by atomic mass is 16.5. The largest absolute Gasteiger partial charge is 0.493 e. The molecule has 0 bridgehead atoms. The number of fused-ring (bicyclic) bond motifs is 1. The van der Waals surface area contributed by atoms with Gasteiger partial charge in [0.25, 0.3) is 0 Å². The van der Waals surface area contributed by atoms with Gasteiger partial charge in [0, 0.05) is 24.7 Å². The minimum atomic E-state index is 0.416. The first-order valence-corrected chi connectivity index (χ1v) is 6.67. The van der Waals surface area contributed by atoms with E-state index < -0.39 is 0 Å². The van der Waals surface area contributed by atoms with Crippen molar-refractivity contribution >= 4 is 5.95 Å². The fourth-order valence-corrected chi connectivity index (χ4v) is 2.30. The lowest BCUT2D eigenvalue weighted by molar-refractivity contribution is 0.229. The molecule has 0 saturated heterocycles. The van der Waals surface area contributed by atoms with Gasteiger partial charge in [-0.1, -0.05) is 18.2 Å². The monoisotopic (exact) mass is 271 g/mol. The quantitative estimate of drug-likeness (QED) is 0.923. The maximum absolute atomic E-state index is 5.76. The van der Waals surface area contributed by atoms with Crippen LogP contribution in [0.4, 0.5) is 5.95 Å². The molecule has 0 radical (unpaired) electrons. The fraction of sp³-hybridized carbons (Fsp3) is 0.333. The van der Waals surface area contributed by atoms with Crippen LogP contribution in [0.25, 0.3) is 0 Å². The number of nitrogens with zero attached hydrogens (tertiary/aromatic N) is 2. The van der Waals surface area contributed by atoms with E-state index in [0.717, 1.165) is 18.7 Å². The van der Waals surface area contributed by atoms with Crippen molar-refractivity contribution in [3.8, 4) is 11.6 Å². The molecule has 1 aliphatic rings. The number of para-hydroxylation sites is 1. The third kappa shape index (κ3) is 2.82. The van der Waals surface area contributed by atoms with Crippen molar-refractivity contribution in [3.63, 3.8) is 0 Å². The Morgan fingerprint density at radius 2 is 2.25 bits per heavy atom. The minimum absolute atomic E-state index is 0.416. The number of hydrogen-bond donors (Lipinski definition) is 1. The van der Waals surface area contributed by atoms with E-state index in [9.17, 15) is 0 Å². The highest BCUT2D eigenvalue weighted by Gasteiger charge is 2.19. The van der Waals surface area contributed by atoms with Crippen LogP contribution in [-0.2, 0) is 6.42 Å². The van der Waals surface area contributed by atoms with Crippen LogP contribution in [0.5, 0.6) is 11.6 Å². The van der Waals surface area contributed by atoms with Crippen LogP contribution >= 0.6 is 0 Å². The normalized spacial score (nSPS) is 16.9. The summed E-state index contributed by atoms with van der Waals surface area (Å²) in [6, 6.07) is 9.91. The van der Waals surface area contributed by atoms with Crippen LogP contribution in [0.3, 0.4) is 0 Å². The lowest BCUT2D eigenvalue weighted by Gasteiger charge is -2.25. The predicted octanol–water partition coefficient (Wildman–Crippen LogP) is 2.15. The highest BCUT2D eigenvalue weighted by molar-refractivity contribution is 5.35. The van der Waals surface area contributed by atoms with Crippen LogP contribution in [-0.4, -0.2) is 30.2 Å². The summed E-state index contributed by atoms with van der Waals surface area (Å²) in [6.45, 7) is 1.50. The molecule has 1 aliphatic heterocycles. The van der Waals surface area contributed by atoms with Gasteiger partial charge in [0.05, 0.1) is 13.7 Å². The van der Waals surface area contributed by atoms with E-state index in [-0.39, 0.29) is 0 Å². The molecule has 104 valence electrons. The van der Waals surface area contributed by atoms with Crippen LogP contribution in [0, 0.1) is 5.92 Å². The molecule has 1 unspecified atom stereocenters. The standard InChI is InChI=1S/C15H17N3O2/c1-19-14-6-7-16-15(18-14)17-9-11-8-12-4-2-3-5-13(12)20-10-11/h2-7,11H,8-10H2,1H3,(H,16,17,18). The Bertz CT molecular complexity index is 589. The smallest absolute Gasteiger partial charge is 0.225 e. The number of hydrogen-bond acceptors (Lipinski definition) is 5. The average molecular weight is 271 g/mol. The summed E-state index contributed by atoms with van der Waals surface area (Å²) in [6.07, 6.45) is 2.69. The Balaban J connectivity index is 1.60. The molecule has 1 N–H and O–H groups in total. The van der Waals surface area contributed by atoms with Crippen molar-refractivity contribution in [2.24, 2.45) is 5.92 Å². The van der Waals surface area contributed by atoms with Gasteiger partial charge in [0.1, 0.15) is 5.75 Å². The molecule has 2 heterocycles. The summed E-state index contributed by atoms with van der Waals surface area (Å²) in [7, 11) is 1.60. The Labute approximate surface area is 118 Å². The lowest BCUT2D eigenvalue weighted by Crippen LogP contribution is -2.27. The van der Waals surface area contributed by atoms with Crippen molar-refractivity contribution in [2.75, 3.05) is 25.6 Å². The number of nitrogens with one attached hydrogen (secondary N) is 1. The van der Waals surface area contributed by atoms with Gasteiger partial charge in [-0.3, -0.25) is 0 Å². The van der Waals surface area contributed by atoms with Gasteiger partial charge < -0.3 is 14.8 Å². The Hall–Kier alpha value is -2.30. The summed E-state index contributed by atoms with van der Waals surface area (Å²) in [5.41, 5.74) is 1.26. The van der Waals surface area contributed by atoms with Crippen molar-refractivity contribution in [1.82, 2.24) is 9.97 Å². The van der Waals surface area contributed by atoms with E-state index >= 15 is 0 Å². The number of aromatic nitrogens is 2. The van der Waals surface area contributed by atoms with Gasteiger partial charge in [-0.25, -0.2) is 4.98 Å². The second-order valence-electron chi connectivity index (χ2n) is 4.79. The van der Waals surface area contributed by atoms with Crippen molar-refractivity contribution in [3.05, 3.63) is 42.1 Å². The Morgan fingerprint density at radius 3 is 3.15 bits per heavy atom. The third-order valence-corrected chi connectivity index (χ3v) is 3.34. The molecule has 5 heteroatoms. The van der Waals surface area contributed by atoms with E-state index in [1.807, 2.05) is 18.2 Å². The summed E-state index contributed by atoms with van der Waals surface area (Å²) in [4.78, 5) is 8.41. The average Bonchev–Trinajstić information content (AvgIpc) is 2.53. The first-order chi connectivity index (χ1) is 9.85. The zero-order chi connectivity index (χ0) is 13.8. The van der Waals surface area contributed by atoms with Crippen LogP contribution in [0.2, 0.25) is 0 Å². The molecule has 0 fully saturated rings. The van der Waals surface area contributed by atoms with Crippen LogP contribution < -0.4 is 14.8 Å². The number of rotatable bonds is 4. The molecule has 5 nitrogen and oxygen atoms in total. The highest BCUT2D eigenvalue weighted by Crippen LogP contribution is 2.26. The van der Waals surface area contributed by atoms with Crippen LogP contribution in [0.1, 0.15) is 5.56 Å². The molecule has 1 aromatic carbocycles. The van der Waals surface area contributed by atoms with Gasteiger partial charge in [0.2, 0.25) is 11.8 Å². The minimum Gasteiger partial charge on any atom is -0.493 e. The Morgan fingerprint density at radius 1 is 1.35 bits per heavy atom. The molecular weight excluding hydrogens is 254 g/mol. The number of ether oxygens (including phenoxy) is 2. The summed E-state index contributed by atoms with van der Waals surface area (Å²) < 4.78 is 10.8. The first kappa shape index (κ1) is 12.7. The molecule has 20 heavy (non-hydrogen) atoms. The molecule has 0 saturated carbocycles. The maximum atomic E-state index is 5.76. The van der Waals surface area contributed by atoms with E-state index in [4.69, 9.17) is 9.47 Å². The number of methoxy groups -OCH3 is 1. The van der Waals surface area contributed by atoms with Gasteiger partial charge >= 0.3 is 0 Å². The summed E-state index contributed by atoms with van der Waals surface area (Å²) in [5, 5.41) is 3.24. The molecule has 0 aliphatic carbocycles. The zero-order valence-electron chi connectivity index (χ0n) is 11.4. The van der Waals surface area contributed by atoms with Crippen molar-refractivity contribution < 1.29 is 9.47 Å². The summed E-state index contributed by atoms with van der Waals surface area (Å²) >= 11 is 0. The van der Waals surface area contributed by atoms with E-state index in [0.29, 0.717) is 24.4 Å². The van der Waals surface area contributed by atoms with Gasteiger partial charge in [-0.05, 0) is 18.1 Å². The lowest BCUT2D eigenvalue weighted by atomic mass is 9.97.